The molecule has 200 valence electrons. The highest BCUT2D eigenvalue weighted by atomic mass is 35.5. The molecule has 0 aliphatic carbocycles. The molecule has 0 aliphatic rings. The number of halogens is 3. The number of rotatable bonds is 7. The van der Waals surface area contributed by atoms with E-state index in [4.69, 9.17) is 39.5 Å². The molecule has 5 aromatic rings. The lowest BCUT2D eigenvalue weighted by molar-refractivity contribution is 0.0734. The minimum atomic E-state index is -0.652. The van der Waals surface area contributed by atoms with Crippen LogP contribution < -0.4 is 10.2 Å². The van der Waals surface area contributed by atoms with E-state index in [0.29, 0.717) is 26.9 Å². The first kappa shape index (κ1) is 27.5. The minimum absolute atomic E-state index is 0.170. The van der Waals surface area contributed by atoms with Crippen LogP contribution in [0.2, 0.25) is 15.1 Å². The van der Waals surface area contributed by atoms with Gasteiger partial charge < -0.3 is 9.72 Å². The molecule has 9 heteroatoms. The van der Waals surface area contributed by atoms with Gasteiger partial charge in [-0.1, -0.05) is 90.3 Å². The molecule has 1 heterocycles. The van der Waals surface area contributed by atoms with Crippen molar-refractivity contribution in [1.29, 1.82) is 0 Å². The first-order chi connectivity index (χ1) is 19.4. The van der Waals surface area contributed by atoms with Crippen molar-refractivity contribution in [2.45, 2.75) is 13.3 Å². The van der Waals surface area contributed by atoms with Gasteiger partial charge in [0.2, 0.25) is 0 Å². The fourth-order valence-electron chi connectivity index (χ4n) is 4.39. The zero-order valence-electron chi connectivity index (χ0n) is 21.2. The van der Waals surface area contributed by atoms with E-state index in [1.165, 1.54) is 18.3 Å². The van der Waals surface area contributed by atoms with E-state index >= 15 is 0 Å². The zero-order valence-corrected chi connectivity index (χ0v) is 23.4. The van der Waals surface area contributed by atoms with Gasteiger partial charge in [-0.05, 0) is 48.4 Å². The van der Waals surface area contributed by atoms with Gasteiger partial charge in [0.15, 0.2) is 0 Å². The average Bonchev–Trinajstić information content (AvgIpc) is 3.34. The van der Waals surface area contributed by atoms with Gasteiger partial charge in [-0.25, -0.2) is 10.2 Å². The lowest BCUT2D eigenvalue weighted by Gasteiger charge is -2.09. The Bertz CT molecular complexity index is 1780. The summed E-state index contributed by atoms with van der Waals surface area (Å²) in [6.07, 6.45) is 2.19. The molecule has 5 rings (SSSR count). The van der Waals surface area contributed by atoms with Crippen LogP contribution in [-0.2, 0) is 6.42 Å². The van der Waals surface area contributed by atoms with Gasteiger partial charge in [-0.3, -0.25) is 4.79 Å². The highest BCUT2D eigenvalue weighted by Gasteiger charge is 2.22. The Kier molecular flexibility index (Phi) is 8.21. The largest absolute Gasteiger partial charge is 0.422 e. The highest BCUT2D eigenvalue weighted by Crippen LogP contribution is 2.37. The summed E-state index contributed by atoms with van der Waals surface area (Å²) in [6.45, 7) is 2.06. The van der Waals surface area contributed by atoms with Crippen molar-refractivity contribution in [3.05, 3.63) is 122 Å². The third-order valence-corrected chi connectivity index (χ3v) is 7.19. The summed E-state index contributed by atoms with van der Waals surface area (Å²) in [7, 11) is 0. The molecule has 2 N–H and O–H groups in total. The Morgan fingerprint density at radius 1 is 0.925 bits per heavy atom. The number of hydrogen-bond donors (Lipinski definition) is 2. The van der Waals surface area contributed by atoms with E-state index in [-0.39, 0.29) is 16.3 Å². The minimum Gasteiger partial charge on any atom is -0.422 e. The summed E-state index contributed by atoms with van der Waals surface area (Å²) in [6, 6.07) is 24.6. The maximum atomic E-state index is 13.4. The quantitative estimate of drug-likeness (QED) is 0.0865. The van der Waals surface area contributed by atoms with E-state index in [2.05, 4.69) is 22.4 Å². The van der Waals surface area contributed by atoms with E-state index in [1.54, 1.807) is 36.4 Å². The molecule has 4 aromatic carbocycles. The number of benzene rings is 4. The molecular weight excluding hydrogens is 569 g/mol. The second kappa shape index (κ2) is 12.0. The van der Waals surface area contributed by atoms with Gasteiger partial charge in [-0.2, -0.15) is 5.10 Å². The van der Waals surface area contributed by atoms with Crippen molar-refractivity contribution >= 4 is 63.8 Å². The molecule has 6 nitrogen and oxygen atoms in total. The number of fused-ring (bicyclic) bond motifs is 1. The van der Waals surface area contributed by atoms with E-state index < -0.39 is 11.9 Å². The molecule has 1 aromatic heterocycles. The molecule has 0 saturated heterocycles. The Hall–Kier alpha value is -4.10. The number of hydrogen-bond acceptors (Lipinski definition) is 4. The summed E-state index contributed by atoms with van der Waals surface area (Å²) in [5, 5.41) is 6.14. The molecule has 0 bridgehead atoms. The van der Waals surface area contributed by atoms with Crippen molar-refractivity contribution < 1.29 is 14.3 Å². The van der Waals surface area contributed by atoms with Gasteiger partial charge in [0.1, 0.15) is 11.4 Å². The number of H-pyrrole nitrogens is 1. The monoisotopic (exact) mass is 589 g/mol. The van der Waals surface area contributed by atoms with Crippen molar-refractivity contribution in [2.75, 3.05) is 0 Å². The second-order valence-corrected chi connectivity index (χ2v) is 10.0. The fraction of sp³-hybridized carbons (Fsp3) is 0.0645. The van der Waals surface area contributed by atoms with Crippen LogP contribution in [0.25, 0.3) is 22.0 Å². The molecule has 0 atom stereocenters. The molecule has 1 amide bonds. The normalized spacial score (nSPS) is 11.2. The molecule has 0 saturated carbocycles. The second-order valence-electron chi connectivity index (χ2n) is 8.80. The number of nitrogens with zero attached hydrogens (tertiary/aromatic N) is 1. The predicted octanol–water partition coefficient (Wildman–Crippen LogP) is 8.34. The van der Waals surface area contributed by atoms with Crippen LogP contribution in [-0.4, -0.2) is 23.1 Å². The Labute approximate surface area is 245 Å². The Morgan fingerprint density at radius 2 is 1.70 bits per heavy atom. The zero-order chi connectivity index (χ0) is 28.2. The van der Waals surface area contributed by atoms with Crippen molar-refractivity contribution in [3.8, 4) is 16.9 Å². The van der Waals surface area contributed by atoms with Gasteiger partial charge >= 0.3 is 5.97 Å². The van der Waals surface area contributed by atoms with Crippen LogP contribution in [0.4, 0.5) is 0 Å². The average molecular weight is 591 g/mol. The molecule has 0 fully saturated rings. The van der Waals surface area contributed by atoms with Crippen LogP contribution in [0.3, 0.4) is 0 Å². The van der Waals surface area contributed by atoms with Crippen molar-refractivity contribution in [3.63, 3.8) is 0 Å². The predicted molar refractivity (Wildman–Crippen MR) is 161 cm³/mol. The number of para-hydroxylation sites is 2. The van der Waals surface area contributed by atoms with Crippen LogP contribution >= 0.6 is 34.8 Å². The van der Waals surface area contributed by atoms with Gasteiger partial charge in [-0.15, -0.1) is 0 Å². The molecule has 0 radical (unpaired) electrons. The number of aromatic amines is 1. The molecule has 0 aliphatic heterocycles. The standard InChI is InChI=1S/C31H22Cl3N3O3/c1-2-18-9-7-11-23-27(21-10-4-5-12-24(21)33)29(36-28(18)23)30(38)37-35-17-19-8-3-6-13-26(19)40-31(39)22-15-14-20(32)16-25(22)34/h3-17,36H,2H2,1H3,(H,37,38). The number of nitrogens with one attached hydrogen (secondary N) is 2. The fourth-order valence-corrected chi connectivity index (χ4v) is 5.11. The molecule has 0 spiro atoms. The first-order valence-corrected chi connectivity index (χ1v) is 13.5. The number of hydrazone groups is 1. The number of ether oxygens (including phenoxy) is 1. The summed E-state index contributed by atoms with van der Waals surface area (Å²) in [5.74, 6) is -0.862. The van der Waals surface area contributed by atoms with Crippen LogP contribution in [0, 0.1) is 0 Å². The van der Waals surface area contributed by atoms with Gasteiger partial charge in [0.25, 0.3) is 5.91 Å². The lowest BCUT2D eigenvalue weighted by Crippen LogP contribution is -2.19. The SMILES string of the molecule is CCc1cccc2c(-c3ccccc3Cl)c(C(=O)NN=Cc3ccccc3OC(=O)c3ccc(Cl)cc3Cl)[nH]c12. The topological polar surface area (TPSA) is 83.5 Å². The Morgan fingerprint density at radius 3 is 2.48 bits per heavy atom. The number of carbonyl (C=O) groups is 2. The van der Waals surface area contributed by atoms with E-state index in [0.717, 1.165) is 28.5 Å². The lowest BCUT2D eigenvalue weighted by atomic mass is 9.99. The van der Waals surface area contributed by atoms with Crippen LogP contribution in [0.5, 0.6) is 5.75 Å². The van der Waals surface area contributed by atoms with Crippen molar-refractivity contribution in [2.24, 2.45) is 5.10 Å². The third kappa shape index (κ3) is 5.61. The van der Waals surface area contributed by atoms with Gasteiger partial charge in [0, 0.05) is 37.6 Å². The number of esters is 1. The van der Waals surface area contributed by atoms with Crippen molar-refractivity contribution in [1.82, 2.24) is 10.4 Å². The Balaban J connectivity index is 1.43. The molecule has 40 heavy (non-hydrogen) atoms. The number of aromatic nitrogens is 1. The molecule has 0 unspecified atom stereocenters. The first-order valence-electron chi connectivity index (χ1n) is 12.4. The summed E-state index contributed by atoms with van der Waals surface area (Å²) in [4.78, 5) is 29.4. The van der Waals surface area contributed by atoms with Crippen LogP contribution in [0.1, 0.15) is 38.9 Å². The maximum Gasteiger partial charge on any atom is 0.345 e. The smallest absolute Gasteiger partial charge is 0.345 e. The number of amides is 1. The van der Waals surface area contributed by atoms with Gasteiger partial charge in [0.05, 0.1) is 16.8 Å². The third-order valence-electron chi connectivity index (χ3n) is 6.31. The summed E-state index contributed by atoms with van der Waals surface area (Å²) < 4.78 is 5.56. The number of carbonyl (C=O) groups excluding carboxylic acids is 2. The van der Waals surface area contributed by atoms with E-state index in [1.807, 2.05) is 36.4 Å². The summed E-state index contributed by atoms with van der Waals surface area (Å²) >= 11 is 18.6. The molecular formula is C31H22Cl3N3O3. The van der Waals surface area contributed by atoms with Crippen LogP contribution in [0.15, 0.2) is 90.0 Å². The maximum absolute atomic E-state index is 13.4. The van der Waals surface area contributed by atoms with E-state index in [9.17, 15) is 9.59 Å². The number of aryl methyl sites for hydroxylation is 1. The highest BCUT2D eigenvalue weighted by molar-refractivity contribution is 6.36. The summed E-state index contributed by atoms with van der Waals surface area (Å²) in [5.41, 5.74) is 6.92.